The van der Waals surface area contributed by atoms with Gasteiger partial charge in [-0.05, 0) is 91.0 Å². The third-order valence-electron chi connectivity index (χ3n) is 12.3. The van der Waals surface area contributed by atoms with E-state index in [1.54, 1.807) is 0 Å². The molecule has 0 aliphatic rings. The normalized spacial score (nSPS) is 11.9. The number of nitrogens with zero attached hydrogens (tertiary/aromatic N) is 3. The summed E-state index contributed by atoms with van der Waals surface area (Å²) in [5.41, 5.74) is 10.4. The Balaban J connectivity index is 1.03. The lowest BCUT2D eigenvalue weighted by molar-refractivity contribution is 0.669. The number of benzene rings is 10. The van der Waals surface area contributed by atoms with Gasteiger partial charge in [0, 0.05) is 38.2 Å². The lowest BCUT2D eigenvalue weighted by Gasteiger charge is -2.13. The van der Waals surface area contributed by atoms with Crippen molar-refractivity contribution in [1.29, 1.82) is 0 Å². The summed E-state index contributed by atoms with van der Waals surface area (Å²) in [5, 5.41) is 11.4. The van der Waals surface area contributed by atoms with Gasteiger partial charge in [0.2, 0.25) is 0 Å². The van der Waals surface area contributed by atoms with Crippen LogP contribution < -0.4 is 0 Å². The third-order valence-corrected chi connectivity index (χ3v) is 12.3. The Hall–Kier alpha value is -8.41. The van der Waals surface area contributed by atoms with Gasteiger partial charge in [0.15, 0.2) is 17.5 Å². The summed E-state index contributed by atoms with van der Waals surface area (Å²) in [6.07, 6.45) is 0. The Morgan fingerprint density at radius 1 is 0.242 bits per heavy atom. The zero-order chi connectivity index (χ0) is 40.7. The largest absolute Gasteiger partial charge is 0.456 e. The molecule has 0 spiro atoms. The molecule has 10 aromatic carbocycles. The molecule has 0 fully saturated rings. The van der Waals surface area contributed by atoms with E-state index in [-0.39, 0.29) is 0 Å². The Morgan fingerprint density at radius 2 is 0.694 bits per heavy atom. The van der Waals surface area contributed by atoms with Crippen molar-refractivity contribution >= 4 is 76.2 Å². The van der Waals surface area contributed by atoms with Gasteiger partial charge in [0.05, 0.1) is 0 Å². The highest BCUT2D eigenvalue weighted by atomic mass is 16.3. The molecule has 0 aliphatic heterocycles. The average Bonchev–Trinajstić information content (AvgIpc) is 3.93. The predicted octanol–water partition coefficient (Wildman–Crippen LogP) is 15.5. The molecular formula is C57H33N3O2. The molecule has 288 valence electrons. The van der Waals surface area contributed by atoms with E-state index in [4.69, 9.17) is 23.8 Å². The van der Waals surface area contributed by atoms with E-state index in [1.165, 1.54) is 26.9 Å². The topological polar surface area (TPSA) is 65.0 Å². The standard InChI is InChI=1S/C57H33N3O2/c1-3-14-34(15-4-1)38-22-11-26-50-53(38)54-39(23-12-27-51(54)62-50)36-29-31-48-47(32-36)52-45(24-13-25-49(52)61-48)57-59-55(35-16-5-2-6-17-35)58-56(60-57)37-28-30-44-42-20-8-7-18-40(42)41-19-9-10-21-43(41)46(44)33-37/h1-33H. The van der Waals surface area contributed by atoms with Crippen molar-refractivity contribution < 1.29 is 8.83 Å². The summed E-state index contributed by atoms with van der Waals surface area (Å²) in [6, 6.07) is 69.7. The van der Waals surface area contributed by atoms with E-state index in [2.05, 4.69) is 152 Å². The third kappa shape index (κ3) is 5.32. The van der Waals surface area contributed by atoms with Gasteiger partial charge in [-0.2, -0.15) is 0 Å². The van der Waals surface area contributed by atoms with E-state index >= 15 is 0 Å². The molecule has 0 saturated heterocycles. The number of fused-ring (bicyclic) bond motifs is 12. The first-order chi connectivity index (χ1) is 30.7. The van der Waals surface area contributed by atoms with Gasteiger partial charge in [-0.1, -0.05) is 164 Å². The van der Waals surface area contributed by atoms with Crippen LogP contribution in [0.3, 0.4) is 0 Å². The maximum atomic E-state index is 6.59. The fourth-order valence-corrected chi connectivity index (χ4v) is 9.53. The van der Waals surface area contributed by atoms with E-state index < -0.39 is 0 Å². The Bertz CT molecular complexity index is 3890. The first-order valence-corrected chi connectivity index (χ1v) is 20.8. The van der Waals surface area contributed by atoms with Crippen molar-refractivity contribution in [3.05, 3.63) is 200 Å². The molecule has 3 heterocycles. The average molecular weight is 792 g/mol. The fourth-order valence-electron chi connectivity index (χ4n) is 9.53. The van der Waals surface area contributed by atoms with Crippen LogP contribution in [-0.4, -0.2) is 15.0 Å². The fraction of sp³-hybridized carbons (Fsp3) is 0. The zero-order valence-corrected chi connectivity index (χ0v) is 33.2. The lowest BCUT2D eigenvalue weighted by atomic mass is 9.93. The summed E-state index contributed by atoms with van der Waals surface area (Å²) in [4.78, 5) is 15.7. The maximum Gasteiger partial charge on any atom is 0.164 e. The zero-order valence-electron chi connectivity index (χ0n) is 33.2. The quantitative estimate of drug-likeness (QED) is 0.162. The Kier molecular flexibility index (Phi) is 7.54. The number of hydrogen-bond acceptors (Lipinski definition) is 5. The van der Waals surface area contributed by atoms with Crippen molar-refractivity contribution in [3.63, 3.8) is 0 Å². The van der Waals surface area contributed by atoms with Crippen molar-refractivity contribution in [3.8, 4) is 56.4 Å². The molecule has 3 aromatic heterocycles. The summed E-state index contributed by atoms with van der Waals surface area (Å²) >= 11 is 0. The highest BCUT2D eigenvalue weighted by Crippen LogP contribution is 2.44. The molecule has 0 radical (unpaired) electrons. The number of furan rings is 2. The van der Waals surface area contributed by atoms with Crippen molar-refractivity contribution in [2.45, 2.75) is 0 Å². The molecule has 62 heavy (non-hydrogen) atoms. The molecule has 0 aliphatic carbocycles. The van der Waals surface area contributed by atoms with Crippen LogP contribution in [0.15, 0.2) is 209 Å². The van der Waals surface area contributed by atoms with Gasteiger partial charge >= 0.3 is 0 Å². The minimum absolute atomic E-state index is 0.575. The molecule has 13 aromatic rings. The summed E-state index contributed by atoms with van der Waals surface area (Å²) in [6.45, 7) is 0. The molecule has 0 saturated carbocycles. The Labute approximate surface area is 355 Å². The number of rotatable bonds is 5. The van der Waals surface area contributed by atoms with E-state index in [0.29, 0.717) is 17.5 Å². The predicted molar refractivity (Wildman–Crippen MR) is 254 cm³/mol. The number of hydrogen-bond donors (Lipinski definition) is 0. The van der Waals surface area contributed by atoms with Crippen molar-refractivity contribution in [2.75, 3.05) is 0 Å². The van der Waals surface area contributed by atoms with Crippen LogP contribution >= 0.6 is 0 Å². The smallest absolute Gasteiger partial charge is 0.164 e. The van der Waals surface area contributed by atoms with E-state index in [9.17, 15) is 0 Å². The molecule has 5 heteroatoms. The molecule has 5 nitrogen and oxygen atoms in total. The minimum Gasteiger partial charge on any atom is -0.456 e. The molecule has 13 rings (SSSR count). The van der Waals surface area contributed by atoms with Gasteiger partial charge < -0.3 is 8.83 Å². The first-order valence-electron chi connectivity index (χ1n) is 20.8. The second kappa shape index (κ2) is 13.6. The summed E-state index contributed by atoms with van der Waals surface area (Å²) < 4.78 is 13.1. The van der Waals surface area contributed by atoms with Crippen LogP contribution in [0.25, 0.3) is 133 Å². The second-order valence-electron chi connectivity index (χ2n) is 15.8. The van der Waals surface area contributed by atoms with Crippen LogP contribution in [0, 0.1) is 0 Å². The minimum atomic E-state index is 0.575. The van der Waals surface area contributed by atoms with Crippen LogP contribution in [0.1, 0.15) is 0 Å². The first kappa shape index (κ1) is 34.5. The highest BCUT2D eigenvalue weighted by Gasteiger charge is 2.21. The molecule has 0 unspecified atom stereocenters. The van der Waals surface area contributed by atoms with Crippen LogP contribution in [0.5, 0.6) is 0 Å². The number of aromatic nitrogens is 3. The van der Waals surface area contributed by atoms with Crippen LogP contribution in [0.2, 0.25) is 0 Å². The molecule has 0 amide bonds. The van der Waals surface area contributed by atoms with Crippen molar-refractivity contribution in [1.82, 2.24) is 15.0 Å². The van der Waals surface area contributed by atoms with Gasteiger partial charge in [0.25, 0.3) is 0 Å². The molecule has 0 N–H and O–H groups in total. The second-order valence-corrected chi connectivity index (χ2v) is 15.8. The van der Waals surface area contributed by atoms with Crippen LogP contribution in [0.4, 0.5) is 0 Å². The Morgan fingerprint density at radius 3 is 1.34 bits per heavy atom. The van der Waals surface area contributed by atoms with Gasteiger partial charge in [0.1, 0.15) is 22.3 Å². The maximum absolute atomic E-state index is 6.59. The lowest BCUT2D eigenvalue weighted by Crippen LogP contribution is -2.00. The monoisotopic (exact) mass is 791 g/mol. The molecular weight excluding hydrogens is 759 g/mol. The van der Waals surface area contributed by atoms with Gasteiger partial charge in [-0.15, -0.1) is 0 Å². The van der Waals surface area contributed by atoms with E-state index in [0.717, 1.165) is 88.2 Å². The molecule has 0 bridgehead atoms. The van der Waals surface area contributed by atoms with Crippen LogP contribution in [-0.2, 0) is 0 Å². The van der Waals surface area contributed by atoms with Gasteiger partial charge in [-0.25, -0.2) is 15.0 Å². The van der Waals surface area contributed by atoms with Crippen molar-refractivity contribution in [2.24, 2.45) is 0 Å². The highest BCUT2D eigenvalue weighted by molar-refractivity contribution is 6.26. The SMILES string of the molecule is c1ccc(-c2nc(-c3ccc4c5ccccc5c5ccccc5c4c3)nc(-c3cccc4oc5ccc(-c6cccc7oc8cccc(-c9ccccc9)c8c67)cc5c34)n2)cc1. The summed E-state index contributed by atoms with van der Waals surface area (Å²) in [5.74, 6) is 1.78. The summed E-state index contributed by atoms with van der Waals surface area (Å²) in [7, 11) is 0. The van der Waals surface area contributed by atoms with Gasteiger partial charge in [-0.3, -0.25) is 0 Å². The van der Waals surface area contributed by atoms with E-state index in [1.807, 2.05) is 48.5 Å². The molecule has 0 atom stereocenters.